The van der Waals surface area contributed by atoms with E-state index >= 15 is 0 Å². The van der Waals surface area contributed by atoms with Crippen molar-refractivity contribution < 1.29 is 9.84 Å². The molecular weight excluding hydrogens is 200 g/mol. The Labute approximate surface area is 98.3 Å². The highest BCUT2D eigenvalue weighted by Crippen LogP contribution is 2.17. The van der Waals surface area contributed by atoms with Crippen molar-refractivity contribution in [1.29, 1.82) is 0 Å². The van der Waals surface area contributed by atoms with Crippen LogP contribution in [0, 0.1) is 0 Å². The summed E-state index contributed by atoms with van der Waals surface area (Å²) < 4.78 is 5.61. The molecule has 1 aromatic rings. The zero-order chi connectivity index (χ0) is 11.8. The predicted octanol–water partition coefficient (Wildman–Crippen LogP) is 3.70. The normalized spacial score (nSPS) is 12.4. The molecule has 0 saturated carbocycles. The van der Waals surface area contributed by atoms with Crippen LogP contribution in [0.2, 0.25) is 0 Å². The smallest absolute Gasteiger partial charge is 0.119 e. The Morgan fingerprint density at radius 2 is 1.81 bits per heavy atom. The largest absolute Gasteiger partial charge is 0.494 e. The van der Waals surface area contributed by atoms with E-state index in [0.717, 1.165) is 24.3 Å². The second-order valence-electron chi connectivity index (χ2n) is 4.15. The van der Waals surface area contributed by atoms with E-state index in [1.165, 1.54) is 19.3 Å². The topological polar surface area (TPSA) is 29.5 Å². The van der Waals surface area contributed by atoms with Gasteiger partial charge in [0, 0.05) is 0 Å². The maximum absolute atomic E-state index is 9.35. The van der Waals surface area contributed by atoms with Gasteiger partial charge in [-0.15, -0.1) is 0 Å². The molecule has 0 bridgehead atoms. The van der Waals surface area contributed by atoms with Gasteiger partial charge in [0.15, 0.2) is 0 Å². The average Bonchev–Trinajstić information content (AvgIpc) is 2.29. The number of hydrogen-bond donors (Lipinski definition) is 1. The van der Waals surface area contributed by atoms with Gasteiger partial charge in [0.25, 0.3) is 0 Å². The number of unbranched alkanes of at least 4 members (excludes halogenated alkanes) is 3. The van der Waals surface area contributed by atoms with Crippen LogP contribution in [0.4, 0.5) is 0 Å². The van der Waals surface area contributed by atoms with E-state index in [1.807, 2.05) is 24.3 Å². The monoisotopic (exact) mass is 222 g/mol. The second kappa shape index (κ2) is 7.29. The highest BCUT2D eigenvalue weighted by Gasteiger charge is 2.00. The molecule has 0 aliphatic carbocycles. The minimum Gasteiger partial charge on any atom is -0.494 e. The lowest BCUT2D eigenvalue weighted by atomic mass is 10.1. The first kappa shape index (κ1) is 13.0. The third-order valence-corrected chi connectivity index (χ3v) is 2.63. The van der Waals surface area contributed by atoms with Crippen LogP contribution in [0.5, 0.6) is 5.75 Å². The quantitative estimate of drug-likeness (QED) is 0.713. The fourth-order valence-electron chi connectivity index (χ4n) is 1.56. The molecule has 0 aliphatic heterocycles. The molecule has 2 nitrogen and oxygen atoms in total. The van der Waals surface area contributed by atoms with E-state index in [9.17, 15) is 5.11 Å². The number of aliphatic hydroxyl groups excluding tert-OH is 1. The molecule has 0 unspecified atom stereocenters. The van der Waals surface area contributed by atoms with E-state index in [-0.39, 0.29) is 0 Å². The Balaban J connectivity index is 2.27. The lowest BCUT2D eigenvalue weighted by molar-refractivity contribution is 0.199. The Bertz CT molecular complexity index is 277. The maximum atomic E-state index is 9.35. The van der Waals surface area contributed by atoms with Crippen LogP contribution in [-0.4, -0.2) is 11.7 Å². The van der Waals surface area contributed by atoms with Crippen molar-refractivity contribution in [3.8, 4) is 5.75 Å². The standard InChI is InChI=1S/C14H22O2/c1-3-4-5-6-11-16-14-9-7-13(8-10-14)12(2)15/h7-10,12,15H,3-6,11H2,1-2H3/t12-/m0/s1. The molecule has 0 amide bonds. The molecule has 0 radical (unpaired) electrons. The molecule has 1 aromatic carbocycles. The van der Waals surface area contributed by atoms with Crippen LogP contribution in [0.3, 0.4) is 0 Å². The summed E-state index contributed by atoms with van der Waals surface area (Å²) in [6.07, 6.45) is 4.49. The first-order valence-electron chi connectivity index (χ1n) is 6.15. The van der Waals surface area contributed by atoms with E-state index in [2.05, 4.69) is 6.92 Å². The van der Waals surface area contributed by atoms with Crippen molar-refractivity contribution in [3.63, 3.8) is 0 Å². The van der Waals surface area contributed by atoms with E-state index < -0.39 is 6.10 Å². The molecule has 0 heterocycles. The summed E-state index contributed by atoms with van der Waals surface area (Å²) in [7, 11) is 0. The van der Waals surface area contributed by atoms with Crippen molar-refractivity contribution in [1.82, 2.24) is 0 Å². The van der Waals surface area contributed by atoms with Gasteiger partial charge >= 0.3 is 0 Å². The van der Waals surface area contributed by atoms with Gasteiger partial charge in [0.2, 0.25) is 0 Å². The van der Waals surface area contributed by atoms with Crippen molar-refractivity contribution in [2.75, 3.05) is 6.61 Å². The molecule has 0 spiro atoms. The van der Waals surface area contributed by atoms with Gasteiger partial charge in [-0.25, -0.2) is 0 Å². The van der Waals surface area contributed by atoms with E-state index in [1.54, 1.807) is 6.92 Å². The van der Waals surface area contributed by atoms with Crippen LogP contribution in [0.25, 0.3) is 0 Å². The average molecular weight is 222 g/mol. The summed E-state index contributed by atoms with van der Waals surface area (Å²) in [6, 6.07) is 7.65. The predicted molar refractivity (Wildman–Crippen MR) is 66.7 cm³/mol. The molecule has 1 N–H and O–H groups in total. The van der Waals surface area contributed by atoms with E-state index in [4.69, 9.17) is 4.74 Å². The highest BCUT2D eigenvalue weighted by molar-refractivity contribution is 5.28. The number of ether oxygens (including phenoxy) is 1. The van der Waals surface area contributed by atoms with Gasteiger partial charge in [-0.3, -0.25) is 0 Å². The minimum atomic E-state index is -0.404. The molecule has 90 valence electrons. The molecule has 0 aliphatic rings. The van der Waals surface area contributed by atoms with Crippen molar-refractivity contribution in [2.45, 2.75) is 45.6 Å². The number of aliphatic hydroxyl groups is 1. The zero-order valence-electron chi connectivity index (χ0n) is 10.3. The van der Waals surface area contributed by atoms with Gasteiger partial charge in [-0.2, -0.15) is 0 Å². The van der Waals surface area contributed by atoms with Crippen LogP contribution in [0.15, 0.2) is 24.3 Å². The summed E-state index contributed by atoms with van der Waals surface area (Å²) in [4.78, 5) is 0. The molecule has 1 rings (SSSR count). The Kier molecular flexibility index (Phi) is 5.94. The van der Waals surface area contributed by atoms with E-state index in [0.29, 0.717) is 0 Å². The lowest BCUT2D eigenvalue weighted by Gasteiger charge is -2.08. The number of benzene rings is 1. The third kappa shape index (κ3) is 4.67. The molecule has 16 heavy (non-hydrogen) atoms. The minimum absolute atomic E-state index is 0.404. The van der Waals surface area contributed by atoms with Crippen LogP contribution in [0.1, 0.15) is 51.2 Å². The summed E-state index contributed by atoms with van der Waals surface area (Å²) in [6.45, 7) is 4.75. The Morgan fingerprint density at radius 3 is 2.38 bits per heavy atom. The van der Waals surface area contributed by atoms with Crippen molar-refractivity contribution >= 4 is 0 Å². The highest BCUT2D eigenvalue weighted by atomic mass is 16.5. The molecule has 2 heteroatoms. The van der Waals surface area contributed by atoms with Gasteiger partial charge in [0.1, 0.15) is 5.75 Å². The second-order valence-corrected chi connectivity index (χ2v) is 4.15. The SMILES string of the molecule is CCCCCCOc1ccc([C@H](C)O)cc1. The first-order chi connectivity index (χ1) is 7.74. The van der Waals surface area contributed by atoms with Gasteiger partial charge in [0.05, 0.1) is 12.7 Å². The van der Waals surface area contributed by atoms with Crippen LogP contribution in [-0.2, 0) is 0 Å². The first-order valence-corrected chi connectivity index (χ1v) is 6.15. The molecule has 0 saturated heterocycles. The van der Waals surface area contributed by atoms with Crippen LogP contribution < -0.4 is 4.74 Å². The van der Waals surface area contributed by atoms with Crippen molar-refractivity contribution in [3.05, 3.63) is 29.8 Å². The summed E-state index contributed by atoms with van der Waals surface area (Å²) in [5.41, 5.74) is 0.929. The Morgan fingerprint density at radius 1 is 1.12 bits per heavy atom. The van der Waals surface area contributed by atoms with Gasteiger partial charge < -0.3 is 9.84 Å². The fraction of sp³-hybridized carbons (Fsp3) is 0.571. The molecule has 0 fully saturated rings. The maximum Gasteiger partial charge on any atom is 0.119 e. The third-order valence-electron chi connectivity index (χ3n) is 2.63. The van der Waals surface area contributed by atoms with Gasteiger partial charge in [-0.05, 0) is 31.0 Å². The zero-order valence-corrected chi connectivity index (χ0v) is 10.3. The van der Waals surface area contributed by atoms with Crippen molar-refractivity contribution in [2.24, 2.45) is 0 Å². The Hall–Kier alpha value is -1.02. The number of hydrogen-bond acceptors (Lipinski definition) is 2. The summed E-state index contributed by atoms with van der Waals surface area (Å²) in [5.74, 6) is 0.890. The summed E-state index contributed by atoms with van der Waals surface area (Å²) >= 11 is 0. The van der Waals surface area contributed by atoms with Gasteiger partial charge in [-0.1, -0.05) is 38.3 Å². The lowest BCUT2D eigenvalue weighted by Crippen LogP contribution is -1.97. The molecular formula is C14H22O2. The fourth-order valence-corrected chi connectivity index (χ4v) is 1.56. The number of rotatable bonds is 7. The summed E-state index contributed by atoms with van der Waals surface area (Å²) in [5, 5.41) is 9.35. The van der Waals surface area contributed by atoms with Crippen LogP contribution >= 0.6 is 0 Å². The molecule has 1 atom stereocenters. The molecule has 0 aromatic heterocycles.